The molecule has 4 saturated heterocycles. The van der Waals surface area contributed by atoms with Crippen LogP contribution in [0.5, 0.6) is 0 Å². The van der Waals surface area contributed by atoms with Crippen LogP contribution >= 0.6 is 0 Å². The molecule has 8 aliphatic rings. The molecule has 4 saturated carbocycles. The van der Waals surface area contributed by atoms with E-state index in [1.807, 2.05) is 0 Å². The Morgan fingerprint density at radius 1 is 0.494 bits per heavy atom. The van der Waals surface area contributed by atoms with Gasteiger partial charge in [-0.3, -0.25) is 0 Å². The molecule has 8 rings (SSSR count). The van der Waals surface area contributed by atoms with Crippen molar-refractivity contribution in [3.8, 4) is 0 Å². The highest BCUT2D eigenvalue weighted by Gasteiger charge is 2.67. The van der Waals surface area contributed by atoms with Crippen molar-refractivity contribution < 1.29 is 124 Å². The molecule has 0 aromatic heterocycles. The second kappa shape index (κ2) is 26.3. The molecule has 448 valence electrons. The maximum atomic E-state index is 11.2. The van der Waals surface area contributed by atoms with Crippen molar-refractivity contribution in [1.29, 1.82) is 0 Å². The molecule has 4 aliphatic heterocycles. The van der Waals surface area contributed by atoms with Crippen LogP contribution in [0.25, 0.3) is 0 Å². The van der Waals surface area contributed by atoms with E-state index >= 15 is 0 Å². The molecule has 25 heteroatoms. The van der Waals surface area contributed by atoms with Crippen LogP contribution in [0.4, 0.5) is 0 Å². The van der Waals surface area contributed by atoms with Gasteiger partial charge in [-0.25, -0.2) is 0 Å². The highest BCUT2D eigenvalue weighted by atomic mass is 16.8. The molecular formula is C52H90O25. The minimum atomic E-state index is -1.80. The summed E-state index contributed by atoms with van der Waals surface area (Å²) in [7, 11) is 0. The third kappa shape index (κ3) is 12.2. The van der Waals surface area contributed by atoms with E-state index in [-0.39, 0.29) is 73.1 Å². The first-order valence-corrected chi connectivity index (χ1v) is 28.0. The lowest BCUT2D eigenvalue weighted by atomic mass is 9.43. The minimum absolute atomic E-state index is 0.0649. The third-order valence-corrected chi connectivity index (χ3v) is 19.5. The van der Waals surface area contributed by atoms with E-state index in [0.29, 0.717) is 37.5 Å². The highest BCUT2D eigenvalue weighted by molar-refractivity contribution is 5.15. The number of rotatable bonds is 21. The zero-order chi connectivity index (χ0) is 55.8. The normalized spacial score (nSPS) is 51.6. The van der Waals surface area contributed by atoms with Crippen molar-refractivity contribution in [2.75, 3.05) is 52.9 Å². The van der Waals surface area contributed by atoms with Gasteiger partial charge in [-0.05, 0) is 85.9 Å². The van der Waals surface area contributed by atoms with Crippen molar-refractivity contribution in [3.63, 3.8) is 0 Å². The maximum Gasteiger partial charge on any atom is 0.187 e. The molecule has 0 bridgehead atoms. The van der Waals surface area contributed by atoms with Crippen LogP contribution in [-0.2, 0) is 47.4 Å². The summed E-state index contributed by atoms with van der Waals surface area (Å²) < 4.78 is 59.9. The summed E-state index contributed by atoms with van der Waals surface area (Å²) in [5.74, 6) is 1.19. The van der Waals surface area contributed by atoms with E-state index in [4.69, 9.17) is 47.4 Å². The quantitative estimate of drug-likeness (QED) is 0.0484. The van der Waals surface area contributed by atoms with Gasteiger partial charge in [-0.1, -0.05) is 40.5 Å². The predicted octanol–water partition coefficient (Wildman–Crippen LogP) is -4.29. The standard InChI is InChI=1S/C52H90O25/c1-5-6-22(2)25-7-8-26-34-27(17-33(52(25,26)4)69-12-14-71-48-44(67)40(63)46(32(21-56)75-48)77-50-42(65)38(61)36(59)30(19-54)73-50)51(3)10-9-24(57)15-23(51)16-28(34)68-11-13-70-47-43(66)39(62)45(31(20-55)74-47)76-49-41(64)37(60)35(58)29(18-53)72-49/h22-50,53-67H,5-21H2,1-4H3/t22-,23+,24-,25-,26+,27+,28-,29?,30?,31?,32?,33+,34+,35-,36-,37?,38+,39?,40?,41+,42?,43+,44+,45-,46-,47-,48-,49-,50-,51+,52-/m1/s1. The molecule has 77 heavy (non-hydrogen) atoms. The molecule has 31 atom stereocenters. The van der Waals surface area contributed by atoms with Gasteiger partial charge in [0.15, 0.2) is 25.2 Å². The van der Waals surface area contributed by atoms with E-state index in [1.165, 1.54) is 0 Å². The van der Waals surface area contributed by atoms with Gasteiger partial charge in [0.05, 0.1) is 71.2 Å². The summed E-state index contributed by atoms with van der Waals surface area (Å²) in [6.45, 7) is 6.35. The molecule has 0 aromatic rings. The smallest absolute Gasteiger partial charge is 0.187 e. The van der Waals surface area contributed by atoms with E-state index in [9.17, 15) is 76.6 Å². The Hall–Kier alpha value is -1.00. The van der Waals surface area contributed by atoms with Crippen molar-refractivity contribution in [1.82, 2.24) is 0 Å². The summed E-state index contributed by atoms with van der Waals surface area (Å²) in [6.07, 6.45) is -25.1. The average molecular weight is 1120 g/mol. The van der Waals surface area contributed by atoms with Crippen molar-refractivity contribution in [2.24, 2.45) is 46.3 Å². The molecule has 4 aliphatic carbocycles. The molecule has 0 aromatic carbocycles. The monoisotopic (exact) mass is 1110 g/mol. The van der Waals surface area contributed by atoms with Crippen molar-refractivity contribution in [2.45, 2.75) is 227 Å². The van der Waals surface area contributed by atoms with E-state index < -0.39 is 155 Å². The van der Waals surface area contributed by atoms with Gasteiger partial charge in [0.25, 0.3) is 0 Å². The fourth-order valence-electron chi connectivity index (χ4n) is 15.3. The fourth-order valence-corrected chi connectivity index (χ4v) is 15.3. The molecular weight excluding hydrogens is 1020 g/mol. The lowest BCUT2D eigenvalue weighted by Crippen LogP contribution is -2.64. The SMILES string of the molecule is CCC[C@@H](C)[C@H]1CC[C@H]2[C@@H]3[C@H](OCCO[C@@H]4OC(CO)[C@@H](O[C@H]5OC(CO)[C@@H](O)C(O)[C@@H]5O)C(O)[C@@H]4O)C[C@@H]4C[C@H](O)CC[C@]4(C)[C@H]3C[C@H](OCCO[C@@H]3OC(CO)[C@@H](O[C@H]4OC(CO)[C@@H](O)[C@H](O)C4O)C(O)[C@@H]3O)[C@]12C. The largest absolute Gasteiger partial charge is 0.394 e. The van der Waals surface area contributed by atoms with Crippen LogP contribution < -0.4 is 0 Å². The average Bonchev–Trinajstić information content (AvgIpc) is 4.07. The second-order valence-corrected chi connectivity index (χ2v) is 23.7. The number of ether oxygens (including phenoxy) is 10. The van der Waals surface area contributed by atoms with Crippen LogP contribution in [0.1, 0.15) is 85.5 Å². The zero-order valence-electron chi connectivity index (χ0n) is 44.6. The first kappa shape index (κ1) is 62.1. The molecule has 0 spiro atoms. The summed E-state index contributed by atoms with van der Waals surface area (Å²) >= 11 is 0. The minimum Gasteiger partial charge on any atom is -0.394 e. The molecule has 8 unspecified atom stereocenters. The highest BCUT2D eigenvalue weighted by Crippen LogP contribution is 2.69. The zero-order valence-corrected chi connectivity index (χ0v) is 44.6. The molecule has 0 amide bonds. The first-order valence-electron chi connectivity index (χ1n) is 28.0. The Kier molecular flexibility index (Phi) is 21.2. The van der Waals surface area contributed by atoms with E-state index in [1.54, 1.807) is 0 Å². The summed E-state index contributed by atoms with van der Waals surface area (Å²) in [5, 5.41) is 158. The Labute approximate surface area is 448 Å². The van der Waals surface area contributed by atoms with Crippen LogP contribution in [0.3, 0.4) is 0 Å². The van der Waals surface area contributed by atoms with Gasteiger partial charge in [-0.15, -0.1) is 0 Å². The number of hydrogen-bond acceptors (Lipinski definition) is 25. The number of aliphatic hydroxyl groups excluding tert-OH is 15. The first-order chi connectivity index (χ1) is 36.7. The van der Waals surface area contributed by atoms with Crippen molar-refractivity contribution in [3.05, 3.63) is 0 Å². The summed E-state index contributed by atoms with van der Waals surface area (Å²) in [4.78, 5) is 0. The fraction of sp³-hybridized carbons (Fsp3) is 1.00. The van der Waals surface area contributed by atoms with Crippen molar-refractivity contribution >= 4 is 0 Å². The Balaban J connectivity index is 0.925. The molecule has 4 heterocycles. The van der Waals surface area contributed by atoms with Gasteiger partial charge < -0.3 is 124 Å². The lowest BCUT2D eigenvalue weighted by Gasteiger charge is -2.64. The van der Waals surface area contributed by atoms with E-state index in [0.717, 1.165) is 32.1 Å². The Morgan fingerprint density at radius 3 is 1.45 bits per heavy atom. The molecule has 25 nitrogen and oxygen atoms in total. The maximum absolute atomic E-state index is 11.2. The summed E-state index contributed by atoms with van der Waals surface area (Å²) in [5.41, 5.74) is -0.469. The topological polar surface area (TPSA) is 396 Å². The Morgan fingerprint density at radius 2 is 0.961 bits per heavy atom. The van der Waals surface area contributed by atoms with Gasteiger partial charge in [0.2, 0.25) is 0 Å². The van der Waals surface area contributed by atoms with Gasteiger partial charge >= 0.3 is 0 Å². The summed E-state index contributed by atoms with van der Waals surface area (Å²) in [6, 6.07) is 0. The van der Waals surface area contributed by atoms with Gasteiger partial charge in [-0.2, -0.15) is 0 Å². The van der Waals surface area contributed by atoms with Crippen LogP contribution in [0.15, 0.2) is 0 Å². The lowest BCUT2D eigenvalue weighted by molar-refractivity contribution is -0.360. The molecule has 0 radical (unpaired) electrons. The number of aliphatic hydroxyl groups is 15. The third-order valence-electron chi connectivity index (χ3n) is 19.5. The predicted molar refractivity (Wildman–Crippen MR) is 260 cm³/mol. The van der Waals surface area contributed by atoms with Gasteiger partial charge in [0, 0.05) is 5.41 Å². The number of fused-ring (bicyclic) bond motifs is 5. The van der Waals surface area contributed by atoms with Gasteiger partial charge in [0.1, 0.15) is 97.7 Å². The molecule has 8 fully saturated rings. The van der Waals surface area contributed by atoms with Crippen LogP contribution in [-0.4, -0.2) is 271 Å². The second-order valence-electron chi connectivity index (χ2n) is 23.7. The van der Waals surface area contributed by atoms with Crippen LogP contribution in [0.2, 0.25) is 0 Å². The molecule has 15 N–H and O–H groups in total. The van der Waals surface area contributed by atoms with E-state index in [2.05, 4.69) is 27.7 Å². The number of hydrogen-bond donors (Lipinski definition) is 15. The van der Waals surface area contributed by atoms with Crippen LogP contribution in [0, 0.1) is 46.3 Å². The Bertz CT molecular complexity index is 1820.